The van der Waals surface area contributed by atoms with E-state index >= 15 is 0 Å². The van der Waals surface area contributed by atoms with Crippen LogP contribution in [0.2, 0.25) is 0 Å². The van der Waals surface area contributed by atoms with Crippen LogP contribution in [0.4, 0.5) is 5.13 Å². The fraction of sp³-hybridized carbons (Fsp3) is 0.526. The number of hydrogen-bond donors (Lipinski definition) is 2. The van der Waals surface area contributed by atoms with Crippen molar-refractivity contribution in [2.45, 2.75) is 65.8 Å². The Balaban J connectivity index is 2.40. The fourth-order valence-corrected chi connectivity index (χ4v) is 3.13. The van der Waals surface area contributed by atoms with Crippen molar-refractivity contribution in [3.63, 3.8) is 0 Å². The van der Waals surface area contributed by atoms with Gasteiger partial charge in [-0.05, 0) is 34.9 Å². The second kappa shape index (κ2) is 6.16. The quantitative estimate of drug-likeness (QED) is 0.795. The first-order valence-corrected chi connectivity index (χ1v) is 8.89. The first-order valence-electron chi connectivity index (χ1n) is 8.01. The minimum atomic E-state index is -0.0993. The lowest BCUT2D eigenvalue weighted by molar-refractivity contribution is 0.439. The summed E-state index contributed by atoms with van der Waals surface area (Å²) in [6.45, 7) is 15.6. The molecule has 126 valence electrons. The van der Waals surface area contributed by atoms with Gasteiger partial charge in [0.25, 0.3) is 0 Å². The molecule has 0 fully saturated rings. The standard InChI is InChI=1S/C19H28N2OS/c1-12-11-23-17(21-12)20-10-13-8-14(18(2,3)4)9-15(16(13)22)19(5,6)7/h8-9,11,22H,10H2,1-7H3,(H,20,21). The molecule has 2 N–H and O–H groups in total. The lowest BCUT2D eigenvalue weighted by Gasteiger charge is -2.27. The summed E-state index contributed by atoms with van der Waals surface area (Å²) in [5, 5.41) is 17.0. The average molecular weight is 333 g/mol. The summed E-state index contributed by atoms with van der Waals surface area (Å²) in [7, 11) is 0. The minimum Gasteiger partial charge on any atom is -0.507 e. The van der Waals surface area contributed by atoms with E-state index in [-0.39, 0.29) is 10.8 Å². The third kappa shape index (κ3) is 4.25. The first kappa shape index (κ1) is 17.8. The zero-order valence-corrected chi connectivity index (χ0v) is 16.1. The molecule has 1 heterocycles. The number of thiazole rings is 1. The Morgan fingerprint density at radius 1 is 1.09 bits per heavy atom. The largest absolute Gasteiger partial charge is 0.507 e. The molecule has 1 aromatic heterocycles. The Morgan fingerprint density at radius 2 is 1.74 bits per heavy atom. The van der Waals surface area contributed by atoms with Gasteiger partial charge in [-0.1, -0.05) is 47.6 Å². The lowest BCUT2D eigenvalue weighted by Crippen LogP contribution is -2.18. The maximum absolute atomic E-state index is 10.7. The molecule has 0 bridgehead atoms. The van der Waals surface area contributed by atoms with Crippen LogP contribution in [-0.2, 0) is 17.4 Å². The van der Waals surface area contributed by atoms with Crippen LogP contribution >= 0.6 is 11.3 Å². The van der Waals surface area contributed by atoms with Crippen molar-refractivity contribution in [3.05, 3.63) is 39.9 Å². The molecule has 0 spiro atoms. The third-order valence-electron chi connectivity index (χ3n) is 3.91. The number of hydrogen-bond acceptors (Lipinski definition) is 4. The van der Waals surface area contributed by atoms with E-state index in [9.17, 15) is 5.11 Å². The highest BCUT2D eigenvalue weighted by Gasteiger charge is 2.24. The number of nitrogens with one attached hydrogen (secondary N) is 1. The van der Waals surface area contributed by atoms with Gasteiger partial charge in [-0.15, -0.1) is 11.3 Å². The Bertz CT molecular complexity index is 690. The number of anilines is 1. The molecule has 0 aliphatic heterocycles. The van der Waals surface area contributed by atoms with Crippen LogP contribution in [0, 0.1) is 6.92 Å². The molecule has 0 atom stereocenters. The zero-order valence-electron chi connectivity index (χ0n) is 15.2. The van der Waals surface area contributed by atoms with Crippen molar-refractivity contribution in [2.75, 3.05) is 5.32 Å². The van der Waals surface area contributed by atoms with Crippen molar-refractivity contribution in [2.24, 2.45) is 0 Å². The van der Waals surface area contributed by atoms with E-state index in [0.717, 1.165) is 22.0 Å². The normalized spacial score (nSPS) is 12.5. The van der Waals surface area contributed by atoms with Gasteiger partial charge in [-0.25, -0.2) is 4.98 Å². The van der Waals surface area contributed by atoms with Crippen LogP contribution in [0.15, 0.2) is 17.5 Å². The molecular weight excluding hydrogens is 304 g/mol. The van der Waals surface area contributed by atoms with E-state index in [1.165, 1.54) is 5.56 Å². The molecule has 3 nitrogen and oxygen atoms in total. The van der Waals surface area contributed by atoms with Crippen molar-refractivity contribution in [1.82, 2.24) is 4.98 Å². The predicted molar refractivity (Wildman–Crippen MR) is 99.7 cm³/mol. The van der Waals surface area contributed by atoms with Gasteiger partial charge < -0.3 is 10.4 Å². The number of rotatable bonds is 3. The van der Waals surface area contributed by atoms with Gasteiger partial charge in [-0.2, -0.15) is 0 Å². The number of benzene rings is 1. The molecule has 23 heavy (non-hydrogen) atoms. The van der Waals surface area contributed by atoms with E-state index in [1.807, 2.05) is 12.3 Å². The monoisotopic (exact) mass is 332 g/mol. The highest BCUT2D eigenvalue weighted by atomic mass is 32.1. The molecular formula is C19H28N2OS. The Morgan fingerprint density at radius 3 is 2.22 bits per heavy atom. The molecule has 1 aromatic carbocycles. The van der Waals surface area contributed by atoms with Crippen molar-refractivity contribution < 1.29 is 5.11 Å². The van der Waals surface area contributed by atoms with Gasteiger partial charge in [0.1, 0.15) is 5.75 Å². The smallest absolute Gasteiger partial charge is 0.183 e. The molecule has 0 saturated heterocycles. The van der Waals surface area contributed by atoms with Crippen LogP contribution in [0.25, 0.3) is 0 Å². The average Bonchev–Trinajstić information content (AvgIpc) is 2.80. The fourth-order valence-electron chi connectivity index (χ4n) is 2.44. The third-order valence-corrected chi connectivity index (χ3v) is 4.83. The van der Waals surface area contributed by atoms with Gasteiger partial charge in [0.05, 0.1) is 5.69 Å². The topological polar surface area (TPSA) is 45.1 Å². The van der Waals surface area contributed by atoms with Crippen LogP contribution in [-0.4, -0.2) is 10.1 Å². The molecule has 4 heteroatoms. The summed E-state index contributed by atoms with van der Waals surface area (Å²) in [4.78, 5) is 4.42. The van der Waals surface area contributed by atoms with Crippen molar-refractivity contribution in [1.29, 1.82) is 0 Å². The Labute approximate surface area is 143 Å². The maximum atomic E-state index is 10.7. The van der Waals surface area contributed by atoms with Gasteiger partial charge >= 0.3 is 0 Å². The van der Waals surface area contributed by atoms with Crippen LogP contribution in [0.5, 0.6) is 5.75 Å². The second-order valence-electron chi connectivity index (χ2n) is 8.18. The summed E-state index contributed by atoms with van der Waals surface area (Å²) >= 11 is 1.59. The second-order valence-corrected chi connectivity index (χ2v) is 9.04. The first-order chi connectivity index (χ1) is 10.5. The van der Waals surface area contributed by atoms with Gasteiger partial charge in [0, 0.05) is 17.5 Å². The number of phenols is 1. The van der Waals surface area contributed by atoms with Crippen LogP contribution in [0.1, 0.15) is 63.9 Å². The molecule has 0 radical (unpaired) electrons. The van der Waals surface area contributed by atoms with Gasteiger partial charge in [-0.3, -0.25) is 0 Å². The van der Waals surface area contributed by atoms with Crippen molar-refractivity contribution in [3.8, 4) is 5.75 Å². The van der Waals surface area contributed by atoms with E-state index in [1.54, 1.807) is 11.3 Å². The summed E-state index contributed by atoms with van der Waals surface area (Å²) in [5.74, 6) is 0.395. The molecule has 0 aliphatic rings. The van der Waals surface area contributed by atoms with E-state index in [0.29, 0.717) is 12.3 Å². The van der Waals surface area contributed by atoms with E-state index in [4.69, 9.17) is 0 Å². The SMILES string of the molecule is Cc1csc(NCc2cc(C(C)(C)C)cc(C(C)(C)C)c2O)n1. The highest BCUT2D eigenvalue weighted by Crippen LogP contribution is 2.38. The molecule has 2 rings (SSSR count). The van der Waals surface area contributed by atoms with Crippen molar-refractivity contribution >= 4 is 16.5 Å². The van der Waals surface area contributed by atoms with E-state index in [2.05, 4.69) is 64.0 Å². The zero-order chi connectivity index (χ0) is 17.4. The summed E-state index contributed by atoms with van der Waals surface area (Å²) in [5.41, 5.74) is 4.12. The van der Waals surface area contributed by atoms with E-state index < -0.39 is 0 Å². The van der Waals surface area contributed by atoms with Gasteiger partial charge in [0.15, 0.2) is 5.13 Å². The number of nitrogens with zero attached hydrogens (tertiary/aromatic N) is 1. The molecule has 2 aromatic rings. The Hall–Kier alpha value is -1.55. The predicted octanol–water partition coefficient (Wildman–Crippen LogP) is 5.36. The van der Waals surface area contributed by atoms with Gasteiger partial charge in [0.2, 0.25) is 0 Å². The molecule has 0 unspecified atom stereocenters. The lowest BCUT2D eigenvalue weighted by atomic mass is 9.79. The Kier molecular flexibility index (Phi) is 4.76. The number of aryl methyl sites for hydroxylation is 1. The van der Waals surface area contributed by atoms with Crippen LogP contribution in [0.3, 0.4) is 0 Å². The molecule has 0 amide bonds. The van der Waals surface area contributed by atoms with Crippen LogP contribution < -0.4 is 5.32 Å². The summed E-state index contributed by atoms with van der Waals surface area (Å²) < 4.78 is 0. The minimum absolute atomic E-state index is 0.0419. The number of aromatic nitrogens is 1. The summed E-state index contributed by atoms with van der Waals surface area (Å²) in [6.07, 6.45) is 0. The molecule has 0 aliphatic carbocycles. The molecule has 0 saturated carbocycles. The maximum Gasteiger partial charge on any atom is 0.183 e. The summed E-state index contributed by atoms with van der Waals surface area (Å²) in [6, 6.07) is 4.25. The highest BCUT2D eigenvalue weighted by molar-refractivity contribution is 7.13. The number of aromatic hydroxyl groups is 1. The number of phenolic OH excluding ortho intramolecular Hbond substituents is 1.